The number of halogens is 1. The third-order valence-electron chi connectivity index (χ3n) is 3.03. The summed E-state index contributed by atoms with van der Waals surface area (Å²) in [6.45, 7) is 6.24. The standard InChI is InChI=1S/C13H17ClN4O2S/c1-8(2)7-18-12(16-17-13(18)21(15,19)20)10-5-4-6-11(14)9(10)3/h4-6,8H,7H2,1-3H3,(H2,15,19,20). The van der Waals surface area contributed by atoms with Crippen molar-refractivity contribution in [1.82, 2.24) is 14.8 Å². The molecular formula is C13H17ClN4O2S. The molecule has 0 unspecified atom stereocenters. The van der Waals surface area contributed by atoms with Gasteiger partial charge in [0.1, 0.15) is 0 Å². The normalized spacial score (nSPS) is 12.1. The van der Waals surface area contributed by atoms with Crippen LogP contribution in [0.3, 0.4) is 0 Å². The molecular weight excluding hydrogens is 312 g/mol. The van der Waals surface area contributed by atoms with E-state index in [9.17, 15) is 8.42 Å². The van der Waals surface area contributed by atoms with E-state index in [-0.39, 0.29) is 11.1 Å². The summed E-state index contributed by atoms with van der Waals surface area (Å²) in [5.74, 6) is 0.660. The van der Waals surface area contributed by atoms with Crippen molar-refractivity contribution in [1.29, 1.82) is 0 Å². The fraction of sp³-hybridized carbons (Fsp3) is 0.385. The van der Waals surface area contributed by atoms with E-state index in [0.717, 1.165) is 11.1 Å². The summed E-state index contributed by atoms with van der Waals surface area (Å²) in [6, 6.07) is 5.38. The number of rotatable bonds is 4. The lowest BCUT2D eigenvalue weighted by Gasteiger charge is -2.13. The minimum absolute atomic E-state index is 0.208. The fourth-order valence-corrected chi connectivity index (χ4v) is 2.88. The second-order valence-electron chi connectivity index (χ2n) is 5.27. The van der Waals surface area contributed by atoms with Crippen molar-refractivity contribution in [2.24, 2.45) is 11.1 Å². The molecule has 0 amide bonds. The van der Waals surface area contributed by atoms with Gasteiger partial charge in [0.15, 0.2) is 5.82 Å². The van der Waals surface area contributed by atoms with Crippen LogP contribution >= 0.6 is 11.6 Å². The maximum Gasteiger partial charge on any atom is 0.273 e. The van der Waals surface area contributed by atoms with Gasteiger partial charge < -0.3 is 0 Å². The molecule has 0 saturated carbocycles. The summed E-state index contributed by atoms with van der Waals surface area (Å²) in [4.78, 5) is 0. The highest BCUT2D eigenvalue weighted by atomic mass is 35.5. The molecule has 0 spiro atoms. The lowest BCUT2D eigenvalue weighted by Crippen LogP contribution is -2.20. The van der Waals surface area contributed by atoms with Gasteiger partial charge in [-0.15, -0.1) is 10.2 Å². The zero-order valence-corrected chi connectivity index (χ0v) is 13.6. The van der Waals surface area contributed by atoms with Crippen LogP contribution in [0, 0.1) is 12.8 Å². The van der Waals surface area contributed by atoms with Gasteiger partial charge in [-0.2, -0.15) is 0 Å². The highest BCUT2D eigenvalue weighted by Gasteiger charge is 2.23. The molecule has 114 valence electrons. The molecule has 2 N–H and O–H groups in total. The Labute approximate surface area is 129 Å². The zero-order valence-electron chi connectivity index (χ0n) is 12.0. The Morgan fingerprint density at radius 3 is 2.57 bits per heavy atom. The summed E-state index contributed by atoms with van der Waals surface area (Å²) in [6.07, 6.45) is 0. The minimum Gasteiger partial charge on any atom is -0.296 e. The van der Waals surface area contributed by atoms with Gasteiger partial charge >= 0.3 is 0 Å². The van der Waals surface area contributed by atoms with Gasteiger partial charge in [0.2, 0.25) is 0 Å². The first-order chi connectivity index (χ1) is 9.71. The number of sulfonamides is 1. The topological polar surface area (TPSA) is 90.9 Å². The van der Waals surface area contributed by atoms with Crippen LogP contribution in [-0.4, -0.2) is 23.2 Å². The summed E-state index contributed by atoms with van der Waals surface area (Å²) in [5, 5.41) is 13.3. The molecule has 0 saturated heterocycles. The van der Waals surface area contributed by atoms with E-state index in [1.807, 2.05) is 26.8 Å². The van der Waals surface area contributed by atoms with E-state index in [1.54, 1.807) is 12.1 Å². The maximum absolute atomic E-state index is 11.7. The quantitative estimate of drug-likeness (QED) is 0.931. The van der Waals surface area contributed by atoms with Crippen molar-refractivity contribution in [3.8, 4) is 11.4 Å². The van der Waals surface area contributed by atoms with Gasteiger partial charge in [0, 0.05) is 17.1 Å². The number of benzene rings is 1. The highest BCUT2D eigenvalue weighted by Crippen LogP contribution is 2.28. The van der Waals surface area contributed by atoms with E-state index in [4.69, 9.17) is 16.7 Å². The van der Waals surface area contributed by atoms with Crippen LogP contribution in [0.15, 0.2) is 23.4 Å². The number of hydrogen-bond acceptors (Lipinski definition) is 4. The van der Waals surface area contributed by atoms with Crippen molar-refractivity contribution in [3.63, 3.8) is 0 Å². The van der Waals surface area contributed by atoms with Gasteiger partial charge in [0.25, 0.3) is 15.2 Å². The van der Waals surface area contributed by atoms with Crippen molar-refractivity contribution >= 4 is 21.6 Å². The third-order valence-corrected chi connectivity index (χ3v) is 4.25. The van der Waals surface area contributed by atoms with Crippen molar-refractivity contribution in [2.75, 3.05) is 0 Å². The zero-order chi connectivity index (χ0) is 15.8. The molecule has 1 aromatic heterocycles. The van der Waals surface area contributed by atoms with Gasteiger partial charge in [0.05, 0.1) is 0 Å². The van der Waals surface area contributed by atoms with Crippen LogP contribution in [0.5, 0.6) is 0 Å². The Bertz CT molecular complexity index is 768. The molecule has 1 aromatic carbocycles. The summed E-state index contributed by atoms with van der Waals surface area (Å²) >= 11 is 6.12. The van der Waals surface area contributed by atoms with Crippen LogP contribution in [0.25, 0.3) is 11.4 Å². The van der Waals surface area contributed by atoms with Crippen molar-refractivity contribution < 1.29 is 8.42 Å². The monoisotopic (exact) mass is 328 g/mol. The van der Waals surface area contributed by atoms with E-state index in [0.29, 0.717) is 17.4 Å². The molecule has 21 heavy (non-hydrogen) atoms. The molecule has 0 atom stereocenters. The number of hydrogen-bond donors (Lipinski definition) is 1. The Morgan fingerprint density at radius 2 is 2.00 bits per heavy atom. The molecule has 0 aliphatic carbocycles. The lowest BCUT2D eigenvalue weighted by atomic mass is 10.1. The lowest BCUT2D eigenvalue weighted by molar-refractivity contribution is 0.486. The summed E-state index contributed by atoms with van der Waals surface area (Å²) in [5.41, 5.74) is 1.56. The van der Waals surface area contributed by atoms with E-state index in [2.05, 4.69) is 10.2 Å². The first-order valence-corrected chi connectivity index (χ1v) is 8.35. The van der Waals surface area contributed by atoms with Crippen LogP contribution in [0.1, 0.15) is 19.4 Å². The largest absolute Gasteiger partial charge is 0.296 e. The molecule has 0 aliphatic rings. The van der Waals surface area contributed by atoms with Gasteiger partial charge in [-0.3, -0.25) is 4.57 Å². The molecule has 0 aliphatic heterocycles. The van der Waals surface area contributed by atoms with Crippen LogP contribution in [0.2, 0.25) is 5.02 Å². The highest BCUT2D eigenvalue weighted by molar-refractivity contribution is 7.89. The molecule has 2 rings (SSSR count). The predicted molar refractivity (Wildman–Crippen MR) is 81.4 cm³/mol. The molecule has 2 aromatic rings. The van der Waals surface area contributed by atoms with Crippen LogP contribution < -0.4 is 5.14 Å². The smallest absolute Gasteiger partial charge is 0.273 e. The van der Waals surface area contributed by atoms with Crippen molar-refractivity contribution in [2.45, 2.75) is 32.5 Å². The van der Waals surface area contributed by atoms with E-state index >= 15 is 0 Å². The Hall–Kier alpha value is -1.44. The van der Waals surface area contributed by atoms with Crippen LogP contribution in [0.4, 0.5) is 0 Å². The second kappa shape index (κ2) is 5.75. The van der Waals surface area contributed by atoms with E-state index < -0.39 is 10.0 Å². The fourth-order valence-electron chi connectivity index (χ4n) is 2.08. The predicted octanol–water partition coefficient (Wildman–Crippen LogP) is 2.21. The number of nitrogens with two attached hydrogens (primary N) is 1. The molecule has 8 heteroatoms. The molecule has 0 radical (unpaired) electrons. The number of aromatic nitrogens is 3. The molecule has 1 heterocycles. The Morgan fingerprint density at radius 1 is 1.33 bits per heavy atom. The minimum atomic E-state index is -3.93. The summed E-state index contributed by atoms with van der Waals surface area (Å²) < 4.78 is 24.8. The second-order valence-corrected chi connectivity index (χ2v) is 7.13. The first kappa shape index (κ1) is 15.9. The Kier molecular flexibility index (Phi) is 4.36. The van der Waals surface area contributed by atoms with Crippen molar-refractivity contribution in [3.05, 3.63) is 28.8 Å². The van der Waals surface area contributed by atoms with E-state index in [1.165, 1.54) is 4.57 Å². The molecule has 0 bridgehead atoms. The number of primary sulfonamides is 1. The third kappa shape index (κ3) is 3.25. The number of nitrogens with zero attached hydrogens (tertiary/aromatic N) is 3. The maximum atomic E-state index is 11.7. The molecule has 6 nitrogen and oxygen atoms in total. The van der Waals surface area contributed by atoms with Gasteiger partial charge in [-0.25, -0.2) is 13.6 Å². The Balaban J connectivity index is 2.70. The SMILES string of the molecule is Cc1c(Cl)cccc1-c1nnc(S(N)(=O)=O)n1CC(C)C. The average Bonchev–Trinajstić information content (AvgIpc) is 2.75. The molecule has 0 fully saturated rings. The first-order valence-electron chi connectivity index (χ1n) is 6.43. The average molecular weight is 329 g/mol. The van der Waals surface area contributed by atoms with Gasteiger partial charge in [-0.1, -0.05) is 37.6 Å². The summed E-state index contributed by atoms with van der Waals surface area (Å²) in [7, 11) is -3.93. The van der Waals surface area contributed by atoms with Crippen LogP contribution in [-0.2, 0) is 16.6 Å². The van der Waals surface area contributed by atoms with Gasteiger partial charge in [-0.05, 0) is 24.5 Å².